The monoisotopic (exact) mass is 216 g/mol. The van der Waals surface area contributed by atoms with Gasteiger partial charge in [-0.15, -0.1) is 0 Å². The molecule has 0 spiro atoms. The number of carboxylic acid groups (broad SMARTS) is 1. The third-order valence-corrected chi connectivity index (χ3v) is 2.48. The average molecular weight is 216 g/mol. The van der Waals surface area contributed by atoms with E-state index in [0.29, 0.717) is 0 Å². The van der Waals surface area contributed by atoms with E-state index in [4.69, 9.17) is 5.11 Å². The van der Waals surface area contributed by atoms with Crippen LogP contribution in [-0.4, -0.2) is 11.1 Å². The molecule has 0 heterocycles. The fourth-order valence-corrected chi connectivity index (χ4v) is 1.36. The fraction of sp³-hybridized carbons (Fsp3) is 0.750. The van der Waals surface area contributed by atoms with E-state index in [-0.39, 0.29) is 12.0 Å². The van der Waals surface area contributed by atoms with Crippen molar-refractivity contribution in [2.45, 2.75) is 58.8 Å². The number of carboxylic acids is 1. The van der Waals surface area contributed by atoms with E-state index in [1.807, 2.05) is 0 Å². The van der Waals surface area contributed by atoms with Crippen LogP contribution in [0.3, 0.4) is 0 Å². The summed E-state index contributed by atoms with van der Waals surface area (Å²) in [5.74, 6) is -1.63. The van der Waals surface area contributed by atoms with Gasteiger partial charge in [0.1, 0.15) is 5.83 Å². The predicted molar refractivity (Wildman–Crippen MR) is 59.4 cm³/mol. The molecular weight excluding hydrogens is 195 g/mol. The van der Waals surface area contributed by atoms with Crippen LogP contribution < -0.4 is 0 Å². The molecule has 0 aromatic heterocycles. The molecule has 0 radical (unpaired) electrons. The summed E-state index contributed by atoms with van der Waals surface area (Å²) in [7, 11) is 0. The van der Waals surface area contributed by atoms with Crippen molar-refractivity contribution < 1.29 is 14.3 Å². The molecule has 0 aromatic carbocycles. The highest BCUT2D eigenvalue weighted by molar-refractivity contribution is 5.86. The molecule has 0 saturated heterocycles. The molecule has 0 rings (SSSR count). The molecule has 15 heavy (non-hydrogen) atoms. The Morgan fingerprint density at radius 1 is 1.13 bits per heavy atom. The molecule has 0 saturated carbocycles. The maximum Gasteiger partial charge on any atom is 0.333 e. The van der Waals surface area contributed by atoms with Gasteiger partial charge in [0, 0.05) is 0 Å². The summed E-state index contributed by atoms with van der Waals surface area (Å²) in [6.45, 7) is 3.47. The SMILES string of the molecule is CCCCCCCCC(F)=C(C)C(=O)O. The Labute approximate surface area is 91.2 Å². The van der Waals surface area contributed by atoms with Crippen LogP contribution in [0.25, 0.3) is 0 Å². The first kappa shape index (κ1) is 14.1. The van der Waals surface area contributed by atoms with Gasteiger partial charge in [0.25, 0.3) is 0 Å². The highest BCUT2D eigenvalue weighted by atomic mass is 19.1. The number of hydrogen-bond donors (Lipinski definition) is 1. The van der Waals surface area contributed by atoms with Crippen molar-refractivity contribution in [3.8, 4) is 0 Å². The van der Waals surface area contributed by atoms with Gasteiger partial charge in [0.2, 0.25) is 0 Å². The van der Waals surface area contributed by atoms with Gasteiger partial charge in [-0.05, 0) is 19.8 Å². The molecule has 0 aliphatic heterocycles. The van der Waals surface area contributed by atoms with Crippen LogP contribution in [0.5, 0.6) is 0 Å². The number of hydrogen-bond acceptors (Lipinski definition) is 1. The molecule has 3 heteroatoms. The molecule has 0 fully saturated rings. The largest absolute Gasteiger partial charge is 0.478 e. The normalized spacial score (nSPS) is 12.5. The van der Waals surface area contributed by atoms with Crippen LogP contribution in [0.1, 0.15) is 58.8 Å². The molecule has 2 nitrogen and oxygen atoms in total. The first-order chi connectivity index (χ1) is 7.09. The minimum Gasteiger partial charge on any atom is -0.478 e. The van der Waals surface area contributed by atoms with Gasteiger partial charge >= 0.3 is 5.97 Å². The zero-order chi connectivity index (χ0) is 11.7. The van der Waals surface area contributed by atoms with Gasteiger partial charge in [-0.3, -0.25) is 0 Å². The Bertz CT molecular complexity index is 222. The van der Waals surface area contributed by atoms with Crippen molar-refractivity contribution >= 4 is 5.97 Å². The molecule has 0 aliphatic rings. The molecule has 1 N–H and O–H groups in total. The summed E-state index contributed by atoms with van der Waals surface area (Å²) in [6.07, 6.45) is 6.75. The minimum absolute atomic E-state index is 0.149. The lowest BCUT2D eigenvalue weighted by Gasteiger charge is -2.01. The summed E-state index contributed by atoms with van der Waals surface area (Å²) < 4.78 is 13.1. The van der Waals surface area contributed by atoms with Crippen LogP contribution in [-0.2, 0) is 4.79 Å². The smallest absolute Gasteiger partial charge is 0.333 e. The topological polar surface area (TPSA) is 37.3 Å². The Morgan fingerprint density at radius 2 is 1.67 bits per heavy atom. The standard InChI is InChI=1S/C12H21FO2/c1-3-4-5-6-7-8-9-11(13)10(2)12(14)15/h3-9H2,1-2H3,(H,14,15). The number of unbranched alkanes of at least 4 members (excludes halogenated alkanes) is 5. The zero-order valence-electron chi connectivity index (χ0n) is 9.68. The molecule has 0 atom stereocenters. The van der Waals surface area contributed by atoms with Gasteiger partial charge in [0.05, 0.1) is 5.57 Å². The van der Waals surface area contributed by atoms with E-state index in [9.17, 15) is 9.18 Å². The maximum atomic E-state index is 13.1. The number of halogens is 1. The minimum atomic E-state index is -1.15. The summed E-state index contributed by atoms with van der Waals surface area (Å²) in [6, 6.07) is 0. The summed E-state index contributed by atoms with van der Waals surface area (Å²) in [5.41, 5.74) is -0.149. The fourth-order valence-electron chi connectivity index (χ4n) is 1.36. The Morgan fingerprint density at radius 3 is 2.20 bits per heavy atom. The second-order valence-electron chi connectivity index (χ2n) is 3.85. The number of aliphatic carboxylic acids is 1. The predicted octanol–water partition coefficient (Wildman–Crippen LogP) is 4.07. The van der Waals surface area contributed by atoms with Crippen molar-refractivity contribution in [1.82, 2.24) is 0 Å². The number of carbonyl (C=O) groups is 1. The lowest BCUT2D eigenvalue weighted by Crippen LogP contribution is -1.98. The lowest BCUT2D eigenvalue weighted by molar-refractivity contribution is -0.132. The second-order valence-corrected chi connectivity index (χ2v) is 3.85. The van der Waals surface area contributed by atoms with Crippen LogP contribution in [0.4, 0.5) is 4.39 Å². The van der Waals surface area contributed by atoms with Crippen LogP contribution in [0.15, 0.2) is 11.4 Å². The van der Waals surface area contributed by atoms with Crippen molar-refractivity contribution in [1.29, 1.82) is 0 Å². The molecule has 0 bridgehead atoms. The number of rotatable bonds is 8. The third kappa shape index (κ3) is 7.11. The average Bonchev–Trinajstić information content (AvgIpc) is 2.21. The molecule has 88 valence electrons. The van der Waals surface area contributed by atoms with E-state index < -0.39 is 11.8 Å². The van der Waals surface area contributed by atoms with Crippen molar-refractivity contribution in [3.63, 3.8) is 0 Å². The van der Waals surface area contributed by atoms with Gasteiger partial charge < -0.3 is 5.11 Å². The molecule has 0 unspecified atom stereocenters. The van der Waals surface area contributed by atoms with Gasteiger partial charge in [0.15, 0.2) is 0 Å². The Balaban J connectivity index is 3.59. The molecule has 0 aliphatic carbocycles. The van der Waals surface area contributed by atoms with Crippen molar-refractivity contribution in [3.05, 3.63) is 11.4 Å². The number of allylic oxidation sites excluding steroid dienone is 1. The highest BCUT2D eigenvalue weighted by Crippen LogP contribution is 2.16. The van der Waals surface area contributed by atoms with Gasteiger partial charge in [-0.25, -0.2) is 9.18 Å². The summed E-state index contributed by atoms with van der Waals surface area (Å²) in [4.78, 5) is 10.4. The summed E-state index contributed by atoms with van der Waals surface area (Å²) >= 11 is 0. The van der Waals surface area contributed by atoms with Gasteiger partial charge in [-0.2, -0.15) is 0 Å². The second kappa shape index (κ2) is 8.45. The van der Waals surface area contributed by atoms with Crippen LogP contribution in [0.2, 0.25) is 0 Å². The van der Waals surface area contributed by atoms with Gasteiger partial charge in [-0.1, -0.05) is 39.0 Å². The van der Waals surface area contributed by atoms with Crippen LogP contribution >= 0.6 is 0 Å². The first-order valence-electron chi connectivity index (χ1n) is 5.68. The van der Waals surface area contributed by atoms with Crippen LogP contribution in [0, 0.1) is 0 Å². The van der Waals surface area contributed by atoms with E-state index in [2.05, 4.69) is 6.92 Å². The van der Waals surface area contributed by atoms with E-state index in [1.165, 1.54) is 26.2 Å². The van der Waals surface area contributed by atoms with E-state index in [1.54, 1.807) is 0 Å². The quantitative estimate of drug-likeness (QED) is 0.490. The maximum absolute atomic E-state index is 13.1. The Kier molecular flexibility index (Phi) is 7.96. The Hall–Kier alpha value is -0.860. The van der Waals surface area contributed by atoms with E-state index in [0.717, 1.165) is 19.3 Å². The highest BCUT2D eigenvalue weighted by Gasteiger charge is 2.07. The molecular formula is C12H21FO2. The summed E-state index contributed by atoms with van der Waals surface area (Å²) in [5, 5.41) is 8.53. The molecule has 0 amide bonds. The van der Waals surface area contributed by atoms with Crippen molar-refractivity contribution in [2.75, 3.05) is 0 Å². The third-order valence-electron chi connectivity index (χ3n) is 2.48. The molecule has 0 aromatic rings. The van der Waals surface area contributed by atoms with E-state index >= 15 is 0 Å². The first-order valence-corrected chi connectivity index (χ1v) is 5.68. The zero-order valence-corrected chi connectivity index (χ0v) is 9.68. The lowest BCUT2D eigenvalue weighted by atomic mass is 10.1. The van der Waals surface area contributed by atoms with Crippen molar-refractivity contribution in [2.24, 2.45) is 0 Å².